The number of hydrogen-bond acceptors (Lipinski definition) is 4. The number of benzene rings is 3. The van der Waals surface area contributed by atoms with E-state index in [9.17, 15) is 18.8 Å². The van der Waals surface area contributed by atoms with E-state index in [1.54, 1.807) is 42.5 Å². The van der Waals surface area contributed by atoms with Gasteiger partial charge in [-0.1, -0.05) is 29.8 Å². The summed E-state index contributed by atoms with van der Waals surface area (Å²) in [5.41, 5.74) is 1.36. The Morgan fingerprint density at radius 3 is 2.48 bits per heavy atom. The molecule has 166 valence electrons. The number of halogens is 3. The topological polar surface area (TPSA) is 75.7 Å². The fourth-order valence-electron chi connectivity index (χ4n) is 3.16. The molecule has 3 aromatic rings. The van der Waals surface area contributed by atoms with Crippen LogP contribution in [0.1, 0.15) is 11.1 Å². The third kappa shape index (κ3) is 5.23. The zero-order valence-corrected chi connectivity index (χ0v) is 19.8. The first-order valence-electron chi connectivity index (χ1n) is 9.65. The SMILES string of the molecule is O=C1NC(=O)N(c2ccc(Cl)cc2)C(=O)/C1=C/c1ccc(OCc2cccc(F)c2)c(I)c1. The molecule has 6 nitrogen and oxygen atoms in total. The molecule has 1 N–H and O–H groups in total. The van der Waals surface area contributed by atoms with Crippen molar-refractivity contribution in [3.63, 3.8) is 0 Å². The van der Waals surface area contributed by atoms with E-state index in [-0.39, 0.29) is 23.7 Å². The molecule has 0 atom stereocenters. The van der Waals surface area contributed by atoms with Crippen molar-refractivity contribution in [2.45, 2.75) is 6.61 Å². The van der Waals surface area contributed by atoms with Gasteiger partial charge in [0.15, 0.2) is 0 Å². The number of carbonyl (C=O) groups excluding carboxylic acids is 3. The van der Waals surface area contributed by atoms with Crippen LogP contribution >= 0.6 is 34.2 Å². The Bertz CT molecular complexity index is 1290. The second kappa shape index (κ2) is 9.72. The van der Waals surface area contributed by atoms with Crippen molar-refractivity contribution in [2.24, 2.45) is 0 Å². The number of amides is 4. The van der Waals surface area contributed by atoms with Crippen molar-refractivity contribution in [1.82, 2.24) is 5.32 Å². The Morgan fingerprint density at radius 1 is 1.03 bits per heavy atom. The summed E-state index contributed by atoms with van der Waals surface area (Å²) in [6, 6.07) is 16.5. The molecule has 3 aromatic carbocycles. The van der Waals surface area contributed by atoms with Crippen molar-refractivity contribution >= 4 is 63.8 Å². The van der Waals surface area contributed by atoms with Crippen LogP contribution < -0.4 is 15.0 Å². The van der Waals surface area contributed by atoms with Crippen LogP contribution in [0.2, 0.25) is 5.02 Å². The summed E-state index contributed by atoms with van der Waals surface area (Å²) in [5, 5.41) is 2.63. The number of ether oxygens (including phenoxy) is 1. The average Bonchev–Trinajstić information content (AvgIpc) is 2.77. The second-order valence-corrected chi connectivity index (χ2v) is 8.64. The molecule has 4 rings (SSSR count). The van der Waals surface area contributed by atoms with E-state index in [1.165, 1.54) is 30.3 Å². The number of carbonyl (C=O) groups is 3. The highest BCUT2D eigenvalue weighted by Crippen LogP contribution is 2.27. The van der Waals surface area contributed by atoms with Gasteiger partial charge in [0.1, 0.15) is 23.7 Å². The van der Waals surface area contributed by atoms with Crippen LogP contribution in [0.25, 0.3) is 6.08 Å². The quantitative estimate of drug-likeness (QED) is 0.253. The molecule has 1 heterocycles. The van der Waals surface area contributed by atoms with Crippen molar-refractivity contribution in [3.05, 3.63) is 97.8 Å². The van der Waals surface area contributed by atoms with Gasteiger partial charge in [-0.15, -0.1) is 0 Å². The summed E-state index contributed by atoms with van der Waals surface area (Å²) in [5.74, 6) is -1.29. The molecule has 0 spiro atoms. The predicted molar refractivity (Wildman–Crippen MR) is 130 cm³/mol. The van der Waals surface area contributed by atoms with Gasteiger partial charge < -0.3 is 4.74 Å². The van der Waals surface area contributed by atoms with E-state index >= 15 is 0 Å². The maximum absolute atomic E-state index is 13.3. The Hall–Kier alpha value is -3.24. The minimum Gasteiger partial charge on any atom is -0.488 e. The van der Waals surface area contributed by atoms with Crippen molar-refractivity contribution < 1.29 is 23.5 Å². The van der Waals surface area contributed by atoms with Gasteiger partial charge in [0.05, 0.1) is 9.26 Å². The van der Waals surface area contributed by atoms with Gasteiger partial charge in [0.25, 0.3) is 11.8 Å². The molecule has 0 radical (unpaired) electrons. The highest BCUT2D eigenvalue weighted by atomic mass is 127. The molecule has 33 heavy (non-hydrogen) atoms. The monoisotopic (exact) mass is 576 g/mol. The molecule has 0 aliphatic carbocycles. The molecule has 1 aliphatic heterocycles. The maximum atomic E-state index is 13.3. The number of hydrogen-bond donors (Lipinski definition) is 1. The maximum Gasteiger partial charge on any atom is 0.335 e. The summed E-state index contributed by atoms with van der Waals surface area (Å²) in [7, 11) is 0. The number of anilines is 1. The van der Waals surface area contributed by atoms with Gasteiger partial charge in [-0.3, -0.25) is 14.9 Å². The third-order valence-electron chi connectivity index (χ3n) is 4.74. The van der Waals surface area contributed by atoms with E-state index < -0.39 is 17.8 Å². The Labute approximate surface area is 207 Å². The standard InChI is InChI=1S/C24H15ClFIN2O4/c25-16-5-7-18(8-6-16)29-23(31)19(22(30)28-24(29)32)11-14-4-9-21(20(27)12-14)33-13-15-2-1-3-17(26)10-15/h1-12H,13H2,(H,28,30,32)/b19-11+. The van der Waals surface area contributed by atoms with E-state index in [0.29, 0.717) is 21.9 Å². The summed E-state index contributed by atoms with van der Waals surface area (Å²) < 4.78 is 19.8. The lowest BCUT2D eigenvalue weighted by Gasteiger charge is -2.26. The lowest BCUT2D eigenvalue weighted by atomic mass is 10.1. The van der Waals surface area contributed by atoms with Crippen LogP contribution in [-0.4, -0.2) is 17.8 Å². The van der Waals surface area contributed by atoms with Gasteiger partial charge in [-0.05, 0) is 88.3 Å². The van der Waals surface area contributed by atoms with E-state index in [1.807, 2.05) is 0 Å². The molecular formula is C24H15ClFIN2O4. The molecular weight excluding hydrogens is 562 g/mol. The number of rotatable bonds is 5. The van der Waals surface area contributed by atoms with Crippen LogP contribution in [0.4, 0.5) is 14.9 Å². The number of urea groups is 1. The lowest BCUT2D eigenvalue weighted by molar-refractivity contribution is -0.122. The molecule has 0 unspecified atom stereocenters. The number of nitrogens with zero attached hydrogens (tertiary/aromatic N) is 1. The van der Waals surface area contributed by atoms with Crippen LogP contribution in [-0.2, 0) is 16.2 Å². The molecule has 1 saturated heterocycles. The van der Waals surface area contributed by atoms with Crippen molar-refractivity contribution in [3.8, 4) is 5.75 Å². The molecule has 4 amide bonds. The normalized spacial score (nSPS) is 15.1. The first kappa shape index (κ1) is 22.9. The smallest absolute Gasteiger partial charge is 0.335 e. The summed E-state index contributed by atoms with van der Waals surface area (Å²) >= 11 is 7.95. The van der Waals surface area contributed by atoms with E-state index in [0.717, 1.165) is 8.47 Å². The highest BCUT2D eigenvalue weighted by Gasteiger charge is 2.36. The highest BCUT2D eigenvalue weighted by molar-refractivity contribution is 14.1. The minimum absolute atomic E-state index is 0.186. The number of barbiturate groups is 1. The van der Waals surface area contributed by atoms with Gasteiger partial charge in [-0.25, -0.2) is 14.1 Å². The zero-order valence-electron chi connectivity index (χ0n) is 16.8. The van der Waals surface area contributed by atoms with Crippen molar-refractivity contribution in [1.29, 1.82) is 0 Å². The summed E-state index contributed by atoms with van der Waals surface area (Å²) in [6.07, 6.45) is 1.41. The van der Waals surface area contributed by atoms with Gasteiger partial charge in [0.2, 0.25) is 0 Å². The molecule has 9 heteroatoms. The van der Waals surface area contributed by atoms with Crippen LogP contribution in [0.3, 0.4) is 0 Å². The van der Waals surface area contributed by atoms with E-state index in [4.69, 9.17) is 16.3 Å². The fourth-order valence-corrected chi connectivity index (χ4v) is 3.98. The van der Waals surface area contributed by atoms with Crippen molar-refractivity contribution in [2.75, 3.05) is 4.90 Å². The Morgan fingerprint density at radius 2 is 1.79 bits per heavy atom. The van der Waals surface area contributed by atoms with Crippen LogP contribution in [0, 0.1) is 9.39 Å². The van der Waals surface area contributed by atoms with Gasteiger partial charge in [0, 0.05) is 5.02 Å². The second-order valence-electron chi connectivity index (χ2n) is 7.04. The summed E-state index contributed by atoms with van der Waals surface area (Å²) in [4.78, 5) is 38.5. The van der Waals surface area contributed by atoms with Gasteiger partial charge in [-0.2, -0.15) is 0 Å². The number of imide groups is 2. The molecule has 0 bridgehead atoms. The minimum atomic E-state index is -0.833. The first-order valence-corrected chi connectivity index (χ1v) is 11.1. The fraction of sp³-hybridized carbons (Fsp3) is 0.0417. The molecule has 0 aromatic heterocycles. The molecule has 1 aliphatic rings. The van der Waals surface area contributed by atoms with E-state index in [2.05, 4.69) is 27.9 Å². The Kier molecular flexibility index (Phi) is 6.75. The van der Waals surface area contributed by atoms with Crippen LogP contribution in [0.15, 0.2) is 72.3 Å². The van der Waals surface area contributed by atoms with Crippen LogP contribution in [0.5, 0.6) is 5.75 Å². The average molecular weight is 577 g/mol. The predicted octanol–water partition coefficient (Wildman–Crippen LogP) is 5.33. The largest absolute Gasteiger partial charge is 0.488 e. The lowest BCUT2D eigenvalue weighted by Crippen LogP contribution is -2.54. The van der Waals surface area contributed by atoms with Gasteiger partial charge >= 0.3 is 6.03 Å². The molecule has 1 fully saturated rings. The zero-order chi connectivity index (χ0) is 23.5. The Balaban J connectivity index is 1.56. The first-order chi connectivity index (χ1) is 15.8. The third-order valence-corrected chi connectivity index (χ3v) is 5.83. The summed E-state index contributed by atoms with van der Waals surface area (Å²) in [6.45, 7) is 0.188. The molecule has 0 saturated carbocycles. The number of nitrogens with one attached hydrogen (secondary N) is 1.